The van der Waals surface area contributed by atoms with Crippen molar-refractivity contribution >= 4 is 22.6 Å². The van der Waals surface area contributed by atoms with E-state index < -0.39 is 0 Å². The van der Waals surface area contributed by atoms with Crippen molar-refractivity contribution in [3.05, 3.63) is 88.7 Å². The van der Waals surface area contributed by atoms with Crippen LogP contribution in [-0.2, 0) is 13.0 Å². The summed E-state index contributed by atoms with van der Waals surface area (Å²) in [5.41, 5.74) is 4.35. The van der Waals surface area contributed by atoms with E-state index in [0.717, 1.165) is 44.5 Å². The first kappa shape index (κ1) is 18.4. The molecular formula is C23H21ClN2O2. The number of methoxy groups -OCH3 is 2. The highest BCUT2D eigenvalue weighted by Gasteiger charge is 2.13. The first-order chi connectivity index (χ1) is 13.7. The Hall–Kier alpha value is -2.98. The largest absolute Gasteiger partial charge is 0.493 e. The van der Waals surface area contributed by atoms with Crippen molar-refractivity contribution < 1.29 is 9.47 Å². The fourth-order valence-corrected chi connectivity index (χ4v) is 3.64. The fraction of sp³-hybridized carbons (Fsp3) is 0.174. The number of halogens is 1. The Morgan fingerprint density at radius 2 is 1.68 bits per heavy atom. The Kier molecular flexibility index (Phi) is 5.22. The van der Waals surface area contributed by atoms with Crippen molar-refractivity contribution in [1.29, 1.82) is 0 Å². The Bertz CT molecular complexity index is 1120. The zero-order valence-electron chi connectivity index (χ0n) is 15.9. The molecule has 4 rings (SSSR count). The molecule has 0 unspecified atom stereocenters. The summed E-state index contributed by atoms with van der Waals surface area (Å²) >= 11 is 6.18. The fourth-order valence-electron chi connectivity index (χ4n) is 3.43. The minimum absolute atomic E-state index is 0.690. The van der Waals surface area contributed by atoms with E-state index in [1.165, 1.54) is 0 Å². The van der Waals surface area contributed by atoms with Crippen LogP contribution in [0, 0.1) is 0 Å². The van der Waals surface area contributed by atoms with Gasteiger partial charge in [0.2, 0.25) is 0 Å². The molecule has 4 nitrogen and oxygen atoms in total. The van der Waals surface area contributed by atoms with Crippen LogP contribution in [0.5, 0.6) is 11.5 Å². The van der Waals surface area contributed by atoms with Crippen LogP contribution in [0.2, 0.25) is 5.02 Å². The Morgan fingerprint density at radius 1 is 0.857 bits per heavy atom. The second-order valence-corrected chi connectivity index (χ2v) is 7.04. The van der Waals surface area contributed by atoms with Gasteiger partial charge in [-0.15, -0.1) is 0 Å². The quantitative estimate of drug-likeness (QED) is 0.444. The lowest BCUT2D eigenvalue weighted by atomic mass is 10.1. The van der Waals surface area contributed by atoms with Gasteiger partial charge >= 0.3 is 0 Å². The number of rotatable bonds is 6. The van der Waals surface area contributed by atoms with Crippen molar-refractivity contribution in [2.24, 2.45) is 0 Å². The molecule has 4 aromatic rings. The van der Waals surface area contributed by atoms with Gasteiger partial charge in [-0.3, -0.25) is 0 Å². The van der Waals surface area contributed by atoms with Gasteiger partial charge in [-0.05, 0) is 47.5 Å². The number of ether oxygens (including phenoxy) is 2. The molecule has 0 saturated carbocycles. The van der Waals surface area contributed by atoms with Gasteiger partial charge in [0.1, 0.15) is 5.82 Å². The summed E-state index contributed by atoms with van der Waals surface area (Å²) in [5, 5.41) is 0.739. The summed E-state index contributed by atoms with van der Waals surface area (Å²) in [6, 6.07) is 22.1. The van der Waals surface area contributed by atoms with Gasteiger partial charge in [-0.1, -0.05) is 41.9 Å². The average molecular weight is 393 g/mol. The monoisotopic (exact) mass is 392 g/mol. The third kappa shape index (κ3) is 3.69. The van der Waals surface area contributed by atoms with Gasteiger partial charge in [0, 0.05) is 18.0 Å². The SMILES string of the molecule is COc1ccc(Cc2nc3ccccc3n2Cc2cccc(Cl)c2)cc1OC. The van der Waals surface area contributed by atoms with Gasteiger partial charge in [-0.2, -0.15) is 0 Å². The first-order valence-electron chi connectivity index (χ1n) is 9.07. The van der Waals surface area contributed by atoms with Gasteiger partial charge in [0.05, 0.1) is 25.3 Å². The van der Waals surface area contributed by atoms with Crippen LogP contribution >= 0.6 is 11.6 Å². The standard InChI is InChI=1S/C23H21ClN2O2/c1-27-21-11-10-16(13-22(21)28-2)14-23-25-19-8-3-4-9-20(19)26(23)15-17-6-5-7-18(24)12-17/h3-13H,14-15H2,1-2H3. The molecule has 0 spiro atoms. The van der Waals surface area contributed by atoms with Gasteiger partial charge in [0.25, 0.3) is 0 Å². The maximum absolute atomic E-state index is 6.18. The zero-order chi connectivity index (χ0) is 19.5. The molecule has 0 amide bonds. The van der Waals surface area contributed by atoms with E-state index in [2.05, 4.69) is 16.7 Å². The Labute approximate surface area is 169 Å². The zero-order valence-corrected chi connectivity index (χ0v) is 16.6. The minimum atomic E-state index is 0.690. The van der Waals surface area contributed by atoms with Crippen LogP contribution in [0.3, 0.4) is 0 Å². The third-order valence-corrected chi connectivity index (χ3v) is 5.01. The number of hydrogen-bond donors (Lipinski definition) is 0. The van der Waals surface area contributed by atoms with Gasteiger partial charge in [-0.25, -0.2) is 4.98 Å². The lowest BCUT2D eigenvalue weighted by molar-refractivity contribution is 0.354. The third-order valence-electron chi connectivity index (χ3n) is 4.77. The van der Waals surface area contributed by atoms with Crippen LogP contribution in [0.1, 0.15) is 17.0 Å². The smallest absolute Gasteiger partial charge is 0.161 e. The van der Waals surface area contributed by atoms with Crippen molar-refractivity contribution in [3.63, 3.8) is 0 Å². The van der Waals surface area contributed by atoms with Crippen LogP contribution < -0.4 is 9.47 Å². The maximum atomic E-state index is 6.18. The number of benzene rings is 3. The number of hydrogen-bond acceptors (Lipinski definition) is 3. The molecule has 0 atom stereocenters. The number of para-hydroxylation sites is 2. The molecule has 1 aromatic heterocycles. The molecule has 3 aromatic carbocycles. The predicted molar refractivity (Wildman–Crippen MR) is 113 cm³/mol. The van der Waals surface area contributed by atoms with E-state index in [0.29, 0.717) is 13.0 Å². The molecule has 1 heterocycles. The molecule has 0 aliphatic heterocycles. The molecule has 0 radical (unpaired) electrons. The van der Waals surface area contributed by atoms with E-state index >= 15 is 0 Å². The number of fused-ring (bicyclic) bond motifs is 1. The normalized spacial score (nSPS) is 11.0. The molecule has 0 aliphatic carbocycles. The highest BCUT2D eigenvalue weighted by atomic mass is 35.5. The molecule has 0 aliphatic rings. The molecule has 0 saturated heterocycles. The predicted octanol–water partition coefficient (Wildman–Crippen LogP) is 5.35. The molecule has 5 heteroatoms. The summed E-state index contributed by atoms with van der Waals surface area (Å²) in [6.07, 6.45) is 0.690. The van der Waals surface area contributed by atoms with Crippen LogP contribution in [0.25, 0.3) is 11.0 Å². The molecule has 0 bridgehead atoms. The Morgan fingerprint density at radius 3 is 2.46 bits per heavy atom. The van der Waals surface area contributed by atoms with Gasteiger partial charge in [0.15, 0.2) is 11.5 Å². The summed E-state index contributed by atoms with van der Waals surface area (Å²) < 4.78 is 13.0. The lowest BCUT2D eigenvalue weighted by Gasteiger charge is -2.12. The van der Waals surface area contributed by atoms with Crippen LogP contribution in [0.4, 0.5) is 0 Å². The van der Waals surface area contributed by atoms with E-state index in [4.69, 9.17) is 26.1 Å². The van der Waals surface area contributed by atoms with Crippen molar-refractivity contribution in [2.75, 3.05) is 14.2 Å². The number of imidazole rings is 1. The average Bonchev–Trinajstić information content (AvgIpc) is 3.05. The first-order valence-corrected chi connectivity index (χ1v) is 9.45. The van der Waals surface area contributed by atoms with E-state index in [1.807, 2.05) is 54.6 Å². The van der Waals surface area contributed by atoms with Gasteiger partial charge < -0.3 is 14.0 Å². The topological polar surface area (TPSA) is 36.3 Å². The lowest BCUT2D eigenvalue weighted by Crippen LogP contribution is -2.06. The summed E-state index contributed by atoms with van der Waals surface area (Å²) in [7, 11) is 3.29. The highest BCUT2D eigenvalue weighted by molar-refractivity contribution is 6.30. The second-order valence-electron chi connectivity index (χ2n) is 6.60. The van der Waals surface area contributed by atoms with Crippen LogP contribution in [-0.4, -0.2) is 23.8 Å². The molecule has 0 N–H and O–H groups in total. The van der Waals surface area contributed by atoms with E-state index in [-0.39, 0.29) is 0 Å². The molecular weight excluding hydrogens is 372 g/mol. The van der Waals surface area contributed by atoms with Crippen LogP contribution in [0.15, 0.2) is 66.7 Å². The second kappa shape index (κ2) is 7.95. The maximum Gasteiger partial charge on any atom is 0.161 e. The number of aromatic nitrogens is 2. The number of nitrogens with zero attached hydrogens (tertiary/aromatic N) is 2. The summed E-state index contributed by atoms with van der Waals surface area (Å²) in [6.45, 7) is 0.712. The summed E-state index contributed by atoms with van der Waals surface area (Å²) in [4.78, 5) is 4.88. The molecule has 28 heavy (non-hydrogen) atoms. The molecule has 142 valence electrons. The van der Waals surface area contributed by atoms with E-state index in [1.54, 1.807) is 14.2 Å². The highest BCUT2D eigenvalue weighted by Crippen LogP contribution is 2.29. The molecule has 0 fully saturated rings. The van der Waals surface area contributed by atoms with Crippen molar-refractivity contribution in [1.82, 2.24) is 9.55 Å². The van der Waals surface area contributed by atoms with E-state index in [9.17, 15) is 0 Å². The van der Waals surface area contributed by atoms with Crippen molar-refractivity contribution in [3.8, 4) is 11.5 Å². The van der Waals surface area contributed by atoms with Crippen molar-refractivity contribution in [2.45, 2.75) is 13.0 Å². The summed E-state index contributed by atoms with van der Waals surface area (Å²) in [5.74, 6) is 2.43. The minimum Gasteiger partial charge on any atom is -0.493 e. The Balaban J connectivity index is 1.74.